The second kappa shape index (κ2) is 9.26. The maximum Gasteiger partial charge on any atom is 0.0962 e. The molecule has 1 saturated heterocycles. The summed E-state index contributed by atoms with van der Waals surface area (Å²) in [5.74, 6) is 2.63. The van der Waals surface area contributed by atoms with Crippen molar-refractivity contribution in [2.24, 2.45) is 0 Å². The summed E-state index contributed by atoms with van der Waals surface area (Å²) in [7, 11) is 0. The number of hydrogen-bond donors (Lipinski definition) is 0. The van der Waals surface area contributed by atoms with Crippen molar-refractivity contribution in [1.29, 1.82) is 0 Å². The van der Waals surface area contributed by atoms with E-state index in [2.05, 4.69) is 108 Å². The van der Waals surface area contributed by atoms with Crippen molar-refractivity contribution in [2.75, 3.05) is 11.5 Å². The topological polar surface area (TPSA) is 0 Å². The highest BCUT2D eigenvalue weighted by Gasteiger charge is 2.42. The highest BCUT2D eigenvalue weighted by atomic mass is 35.5. The molecule has 0 unspecified atom stereocenters. The standard InChI is InChI=1S/C25H23ClS2/c26-23-15-13-22(14-16-23)25(27-18-7-19-28-25)24(21-10-5-2-6-11-21)17-12-20-8-3-1-4-9-20/h1-6,8-17,24H,7,18-19H2/b17-12+/t24-/m0/s1. The summed E-state index contributed by atoms with van der Waals surface area (Å²) in [6.45, 7) is 0. The van der Waals surface area contributed by atoms with Gasteiger partial charge in [-0.1, -0.05) is 96.5 Å². The molecular weight excluding hydrogens is 400 g/mol. The molecule has 0 nitrogen and oxygen atoms in total. The van der Waals surface area contributed by atoms with Gasteiger partial charge in [-0.3, -0.25) is 0 Å². The largest absolute Gasteiger partial charge is 0.138 e. The molecule has 1 aliphatic heterocycles. The van der Waals surface area contributed by atoms with E-state index in [1.165, 1.54) is 34.6 Å². The molecule has 1 heterocycles. The highest BCUT2D eigenvalue weighted by Crippen LogP contribution is 2.59. The second-order valence-electron chi connectivity index (χ2n) is 6.88. The first-order valence-corrected chi connectivity index (χ1v) is 11.9. The van der Waals surface area contributed by atoms with Crippen LogP contribution in [-0.4, -0.2) is 11.5 Å². The van der Waals surface area contributed by atoms with E-state index in [0.717, 1.165) is 5.02 Å². The van der Waals surface area contributed by atoms with Crippen LogP contribution >= 0.6 is 35.1 Å². The Balaban J connectivity index is 1.81. The number of hydrogen-bond acceptors (Lipinski definition) is 2. The Morgan fingerprint density at radius 1 is 0.786 bits per heavy atom. The van der Waals surface area contributed by atoms with E-state index in [1.54, 1.807) is 0 Å². The Bertz CT molecular complexity index is 898. The lowest BCUT2D eigenvalue weighted by Gasteiger charge is -2.42. The Morgan fingerprint density at radius 3 is 2.04 bits per heavy atom. The van der Waals surface area contributed by atoms with Crippen LogP contribution in [0.2, 0.25) is 5.02 Å². The van der Waals surface area contributed by atoms with Crippen LogP contribution in [0.5, 0.6) is 0 Å². The SMILES string of the molecule is Clc1ccc(C2([C@@H](/C=C/c3ccccc3)c3ccccc3)SCCCS2)cc1. The molecule has 0 amide bonds. The van der Waals surface area contributed by atoms with Gasteiger partial charge in [0.15, 0.2) is 0 Å². The molecule has 0 spiro atoms. The van der Waals surface area contributed by atoms with Crippen LogP contribution in [0, 0.1) is 0 Å². The van der Waals surface area contributed by atoms with E-state index in [9.17, 15) is 0 Å². The van der Waals surface area contributed by atoms with Crippen LogP contribution in [0.3, 0.4) is 0 Å². The molecule has 3 aromatic rings. The molecule has 0 aromatic heterocycles. The predicted molar refractivity (Wildman–Crippen MR) is 127 cm³/mol. The van der Waals surface area contributed by atoms with Crippen LogP contribution in [0.15, 0.2) is 91.0 Å². The van der Waals surface area contributed by atoms with Crippen molar-refractivity contribution in [3.05, 3.63) is 113 Å². The fraction of sp³-hybridized carbons (Fsp3) is 0.200. The normalized spacial score (nSPS) is 17.5. The lowest BCUT2D eigenvalue weighted by Crippen LogP contribution is -2.29. The van der Waals surface area contributed by atoms with Gasteiger partial charge in [0.2, 0.25) is 0 Å². The third kappa shape index (κ3) is 4.35. The van der Waals surface area contributed by atoms with Gasteiger partial charge in [-0.15, -0.1) is 23.5 Å². The quantitative estimate of drug-likeness (QED) is 0.410. The number of thioether (sulfide) groups is 2. The van der Waals surface area contributed by atoms with Crippen LogP contribution in [-0.2, 0) is 4.08 Å². The van der Waals surface area contributed by atoms with Crippen molar-refractivity contribution in [2.45, 2.75) is 16.4 Å². The van der Waals surface area contributed by atoms with E-state index >= 15 is 0 Å². The molecular formula is C25H23ClS2. The number of allylic oxidation sites excluding steroid dienone is 1. The molecule has 0 N–H and O–H groups in total. The van der Waals surface area contributed by atoms with E-state index in [-0.39, 0.29) is 10.00 Å². The second-order valence-corrected chi connectivity index (χ2v) is 10.3. The Kier molecular flexibility index (Phi) is 6.51. The van der Waals surface area contributed by atoms with E-state index < -0.39 is 0 Å². The zero-order valence-corrected chi connectivity index (χ0v) is 18.0. The van der Waals surface area contributed by atoms with E-state index in [1.807, 2.05) is 12.1 Å². The monoisotopic (exact) mass is 422 g/mol. The molecule has 0 aliphatic carbocycles. The van der Waals surface area contributed by atoms with Gasteiger partial charge in [-0.2, -0.15) is 0 Å². The molecule has 142 valence electrons. The fourth-order valence-electron chi connectivity index (χ4n) is 3.65. The van der Waals surface area contributed by atoms with Crippen molar-refractivity contribution < 1.29 is 0 Å². The van der Waals surface area contributed by atoms with Gasteiger partial charge >= 0.3 is 0 Å². The average Bonchev–Trinajstić information content (AvgIpc) is 2.76. The zero-order valence-electron chi connectivity index (χ0n) is 15.6. The molecule has 1 atom stereocenters. The van der Waals surface area contributed by atoms with Crippen LogP contribution < -0.4 is 0 Å². The summed E-state index contributed by atoms with van der Waals surface area (Å²) in [5, 5.41) is 0.792. The minimum atomic E-state index is -0.0462. The van der Waals surface area contributed by atoms with Gasteiger partial charge in [0.25, 0.3) is 0 Å². The first-order valence-electron chi connectivity index (χ1n) is 9.60. The maximum absolute atomic E-state index is 6.21. The van der Waals surface area contributed by atoms with E-state index in [0.29, 0.717) is 0 Å². The molecule has 28 heavy (non-hydrogen) atoms. The highest BCUT2D eigenvalue weighted by molar-refractivity contribution is 8.18. The number of rotatable bonds is 5. The summed E-state index contributed by atoms with van der Waals surface area (Å²) >= 11 is 10.4. The lowest BCUT2D eigenvalue weighted by molar-refractivity contribution is 0.752. The Labute approximate surface area is 181 Å². The van der Waals surface area contributed by atoms with Gasteiger partial charge in [-0.05, 0) is 46.7 Å². The van der Waals surface area contributed by atoms with E-state index in [4.69, 9.17) is 11.6 Å². The van der Waals surface area contributed by atoms with Crippen LogP contribution in [0.1, 0.15) is 29.0 Å². The molecule has 3 heteroatoms. The summed E-state index contributed by atoms with van der Waals surface area (Å²) in [6, 6.07) is 29.9. The summed E-state index contributed by atoms with van der Waals surface area (Å²) in [4.78, 5) is 0. The first-order chi connectivity index (χ1) is 13.8. The predicted octanol–water partition coefficient (Wildman–Crippen LogP) is 7.86. The van der Waals surface area contributed by atoms with Crippen molar-refractivity contribution >= 4 is 41.2 Å². The Hall–Kier alpha value is -1.61. The van der Waals surface area contributed by atoms with Gasteiger partial charge < -0.3 is 0 Å². The summed E-state index contributed by atoms with van der Waals surface area (Å²) in [6.07, 6.45) is 5.92. The number of benzene rings is 3. The van der Waals surface area contributed by atoms with Crippen molar-refractivity contribution in [1.82, 2.24) is 0 Å². The van der Waals surface area contributed by atoms with Crippen molar-refractivity contribution in [3.8, 4) is 0 Å². The third-order valence-corrected chi connectivity index (χ3v) is 8.80. The molecule has 1 fully saturated rings. The molecule has 0 radical (unpaired) electrons. The molecule has 0 bridgehead atoms. The Morgan fingerprint density at radius 2 is 1.39 bits per heavy atom. The fourth-order valence-corrected chi connectivity index (χ4v) is 7.37. The van der Waals surface area contributed by atoms with Gasteiger partial charge in [0.05, 0.1) is 4.08 Å². The molecule has 0 saturated carbocycles. The van der Waals surface area contributed by atoms with Crippen LogP contribution in [0.4, 0.5) is 0 Å². The van der Waals surface area contributed by atoms with Crippen LogP contribution in [0.25, 0.3) is 6.08 Å². The summed E-state index contributed by atoms with van der Waals surface area (Å²) in [5.41, 5.74) is 3.94. The molecule has 3 aromatic carbocycles. The minimum Gasteiger partial charge on any atom is -0.138 e. The molecule has 1 aliphatic rings. The summed E-state index contributed by atoms with van der Waals surface area (Å²) < 4.78 is -0.0462. The smallest absolute Gasteiger partial charge is 0.0962 e. The average molecular weight is 423 g/mol. The molecule has 4 rings (SSSR count). The van der Waals surface area contributed by atoms with Gasteiger partial charge in [-0.25, -0.2) is 0 Å². The van der Waals surface area contributed by atoms with Crippen molar-refractivity contribution in [3.63, 3.8) is 0 Å². The number of halogens is 1. The maximum atomic E-state index is 6.21. The third-order valence-electron chi connectivity index (χ3n) is 5.02. The zero-order chi connectivity index (χ0) is 19.2. The van der Waals surface area contributed by atoms with Gasteiger partial charge in [0, 0.05) is 10.9 Å². The lowest BCUT2D eigenvalue weighted by atomic mass is 9.89. The van der Waals surface area contributed by atoms with Gasteiger partial charge in [0.1, 0.15) is 0 Å². The minimum absolute atomic E-state index is 0.0462. The first kappa shape index (κ1) is 19.7.